The molecular weight excluding hydrogens is 302 g/mol. The fraction of sp³-hybridized carbons (Fsp3) is 0.474. The average Bonchev–Trinajstić information content (AvgIpc) is 3.10. The van der Waals surface area contributed by atoms with Gasteiger partial charge in [-0.1, -0.05) is 18.2 Å². The predicted octanol–water partition coefficient (Wildman–Crippen LogP) is 2.36. The Morgan fingerprint density at radius 2 is 2.12 bits per heavy atom. The summed E-state index contributed by atoms with van der Waals surface area (Å²) in [6.45, 7) is 2.27. The molecule has 0 bridgehead atoms. The van der Waals surface area contributed by atoms with Gasteiger partial charge in [-0.05, 0) is 56.3 Å². The molecule has 4 rings (SSSR count). The smallest absolute Gasteiger partial charge is 0.257 e. The number of carbonyl (C=O) groups excluding carboxylic acids is 1. The van der Waals surface area contributed by atoms with E-state index in [1.54, 1.807) is 7.11 Å². The molecule has 1 saturated heterocycles. The van der Waals surface area contributed by atoms with Gasteiger partial charge >= 0.3 is 0 Å². The van der Waals surface area contributed by atoms with E-state index in [4.69, 9.17) is 4.74 Å². The van der Waals surface area contributed by atoms with Crippen LogP contribution in [0, 0.1) is 11.8 Å². The first-order chi connectivity index (χ1) is 11.7. The van der Waals surface area contributed by atoms with E-state index < -0.39 is 0 Å². The largest absolute Gasteiger partial charge is 0.480 e. The molecular formula is C19H23N3O2. The van der Waals surface area contributed by atoms with Crippen molar-refractivity contribution in [2.45, 2.75) is 25.3 Å². The molecule has 0 radical (unpaired) electrons. The second-order valence-electron chi connectivity index (χ2n) is 6.89. The highest BCUT2D eigenvalue weighted by molar-refractivity contribution is 6.00. The van der Waals surface area contributed by atoms with Crippen LogP contribution in [0.1, 0.15) is 29.6 Å². The van der Waals surface area contributed by atoms with Crippen LogP contribution in [0.4, 0.5) is 0 Å². The number of fused-ring (bicyclic) bond motifs is 1. The van der Waals surface area contributed by atoms with Crippen molar-refractivity contribution in [3.05, 3.63) is 35.9 Å². The summed E-state index contributed by atoms with van der Waals surface area (Å²) < 4.78 is 5.33. The van der Waals surface area contributed by atoms with Crippen LogP contribution in [-0.4, -0.2) is 37.1 Å². The van der Waals surface area contributed by atoms with Crippen LogP contribution in [0.2, 0.25) is 0 Å². The number of aromatic nitrogens is 1. The van der Waals surface area contributed by atoms with Gasteiger partial charge in [0, 0.05) is 11.4 Å². The van der Waals surface area contributed by atoms with Gasteiger partial charge in [-0.25, -0.2) is 4.98 Å². The van der Waals surface area contributed by atoms with Gasteiger partial charge in [-0.2, -0.15) is 0 Å². The quantitative estimate of drug-likeness (QED) is 0.906. The van der Waals surface area contributed by atoms with E-state index in [2.05, 4.69) is 15.6 Å². The Hall–Kier alpha value is -2.14. The molecule has 1 aromatic carbocycles. The third-order valence-electron chi connectivity index (χ3n) is 5.40. The highest BCUT2D eigenvalue weighted by atomic mass is 16.5. The monoisotopic (exact) mass is 325 g/mol. The maximum atomic E-state index is 12.7. The van der Waals surface area contributed by atoms with Crippen molar-refractivity contribution in [1.29, 1.82) is 0 Å². The molecule has 2 N–H and O–H groups in total. The number of hydrogen-bond acceptors (Lipinski definition) is 4. The summed E-state index contributed by atoms with van der Waals surface area (Å²) in [5.41, 5.74) is 1.35. The van der Waals surface area contributed by atoms with Crippen molar-refractivity contribution in [2.24, 2.45) is 11.8 Å². The van der Waals surface area contributed by atoms with Gasteiger partial charge in [0.2, 0.25) is 5.88 Å². The van der Waals surface area contributed by atoms with Gasteiger partial charge in [0.1, 0.15) is 5.56 Å². The highest BCUT2D eigenvalue weighted by Gasteiger charge is 2.37. The Labute approximate surface area is 141 Å². The summed E-state index contributed by atoms with van der Waals surface area (Å²) in [6, 6.07) is 9.91. The molecule has 126 valence electrons. The minimum absolute atomic E-state index is 0.0851. The number of hydrogen-bond donors (Lipinski definition) is 2. The van der Waals surface area contributed by atoms with Gasteiger partial charge in [0.15, 0.2) is 0 Å². The van der Waals surface area contributed by atoms with Gasteiger partial charge < -0.3 is 15.4 Å². The van der Waals surface area contributed by atoms with Crippen molar-refractivity contribution >= 4 is 16.8 Å². The van der Waals surface area contributed by atoms with Gasteiger partial charge in [0.05, 0.1) is 12.6 Å². The number of ether oxygens (including phenoxy) is 1. The summed E-state index contributed by atoms with van der Waals surface area (Å²) >= 11 is 0. The third-order valence-corrected chi connectivity index (χ3v) is 5.40. The maximum Gasteiger partial charge on any atom is 0.257 e. The number of benzene rings is 1. The summed E-state index contributed by atoms with van der Waals surface area (Å²) in [6.07, 6.45) is 3.44. The predicted molar refractivity (Wildman–Crippen MR) is 93.2 cm³/mol. The van der Waals surface area contributed by atoms with Crippen LogP contribution in [0.25, 0.3) is 10.9 Å². The Balaban J connectivity index is 1.45. The zero-order valence-electron chi connectivity index (χ0n) is 13.9. The number of carbonyl (C=O) groups is 1. The SMILES string of the molecule is COc1nc2ccccc2cc1C(=O)NC1CC(C2CCNC2)C1. The second kappa shape index (κ2) is 6.40. The first-order valence-electron chi connectivity index (χ1n) is 8.70. The van der Waals surface area contributed by atoms with Crippen molar-refractivity contribution in [3.63, 3.8) is 0 Å². The molecule has 2 aromatic rings. The molecule has 1 aliphatic heterocycles. The Bertz CT molecular complexity index is 749. The topological polar surface area (TPSA) is 63.2 Å². The lowest BCUT2D eigenvalue weighted by Gasteiger charge is -2.39. The molecule has 1 unspecified atom stereocenters. The maximum absolute atomic E-state index is 12.7. The fourth-order valence-corrected chi connectivity index (χ4v) is 3.92. The van der Waals surface area contributed by atoms with Crippen LogP contribution < -0.4 is 15.4 Å². The molecule has 24 heavy (non-hydrogen) atoms. The lowest BCUT2D eigenvalue weighted by atomic mass is 9.72. The standard InChI is InChI=1S/C19H23N3O2/c1-24-19-16(10-12-4-2-3-5-17(12)22-19)18(23)21-15-8-14(9-15)13-6-7-20-11-13/h2-5,10,13-15,20H,6-9,11H2,1H3,(H,21,23). The normalized spacial score (nSPS) is 26.1. The van der Waals surface area contributed by atoms with Gasteiger partial charge in [0.25, 0.3) is 5.91 Å². The third kappa shape index (κ3) is 2.84. The van der Waals surface area contributed by atoms with Crippen LogP contribution in [0.5, 0.6) is 5.88 Å². The van der Waals surface area contributed by atoms with Crippen LogP contribution in [0.15, 0.2) is 30.3 Å². The molecule has 1 aliphatic carbocycles. The van der Waals surface area contributed by atoms with Gasteiger partial charge in [-0.15, -0.1) is 0 Å². The van der Waals surface area contributed by atoms with Crippen LogP contribution in [0.3, 0.4) is 0 Å². The lowest BCUT2D eigenvalue weighted by molar-refractivity contribution is 0.0853. The van der Waals surface area contributed by atoms with Crippen molar-refractivity contribution in [1.82, 2.24) is 15.6 Å². The molecule has 5 heteroatoms. The molecule has 1 amide bonds. The number of nitrogens with zero attached hydrogens (tertiary/aromatic N) is 1. The van der Waals surface area contributed by atoms with Crippen molar-refractivity contribution in [3.8, 4) is 5.88 Å². The Kier molecular flexibility index (Phi) is 4.10. The number of methoxy groups -OCH3 is 1. The minimum atomic E-state index is -0.0851. The molecule has 1 saturated carbocycles. The van der Waals surface area contributed by atoms with E-state index in [0.717, 1.165) is 48.7 Å². The lowest BCUT2D eigenvalue weighted by Crippen LogP contribution is -2.46. The second-order valence-corrected chi connectivity index (χ2v) is 6.89. The number of rotatable bonds is 4. The first kappa shape index (κ1) is 15.4. The van der Waals surface area contributed by atoms with E-state index in [1.165, 1.54) is 6.42 Å². The number of pyridine rings is 1. The van der Waals surface area contributed by atoms with Gasteiger partial charge in [-0.3, -0.25) is 4.79 Å². The number of para-hydroxylation sites is 1. The molecule has 2 aliphatic rings. The summed E-state index contributed by atoms with van der Waals surface area (Å²) in [4.78, 5) is 17.1. The highest BCUT2D eigenvalue weighted by Crippen LogP contribution is 2.37. The Morgan fingerprint density at radius 1 is 1.29 bits per heavy atom. The Morgan fingerprint density at radius 3 is 2.88 bits per heavy atom. The summed E-state index contributed by atoms with van der Waals surface area (Å²) in [5.74, 6) is 1.84. The molecule has 5 nitrogen and oxygen atoms in total. The average molecular weight is 325 g/mol. The van der Waals surface area contributed by atoms with Crippen molar-refractivity contribution in [2.75, 3.05) is 20.2 Å². The number of nitrogens with one attached hydrogen (secondary N) is 2. The van der Waals surface area contributed by atoms with Crippen LogP contribution in [-0.2, 0) is 0 Å². The number of amides is 1. The zero-order chi connectivity index (χ0) is 16.5. The molecule has 2 fully saturated rings. The van der Waals surface area contributed by atoms with Crippen LogP contribution >= 0.6 is 0 Å². The fourth-order valence-electron chi connectivity index (χ4n) is 3.92. The van der Waals surface area contributed by atoms with E-state index in [1.807, 2.05) is 30.3 Å². The van der Waals surface area contributed by atoms with Crippen molar-refractivity contribution < 1.29 is 9.53 Å². The van der Waals surface area contributed by atoms with E-state index in [9.17, 15) is 4.79 Å². The van der Waals surface area contributed by atoms with E-state index >= 15 is 0 Å². The van der Waals surface area contributed by atoms with E-state index in [0.29, 0.717) is 11.4 Å². The molecule has 1 atom stereocenters. The van der Waals surface area contributed by atoms with E-state index in [-0.39, 0.29) is 11.9 Å². The molecule has 2 heterocycles. The first-order valence-corrected chi connectivity index (χ1v) is 8.70. The molecule has 0 spiro atoms. The zero-order valence-corrected chi connectivity index (χ0v) is 13.9. The summed E-state index contributed by atoms with van der Waals surface area (Å²) in [5, 5.41) is 7.52. The summed E-state index contributed by atoms with van der Waals surface area (Å²) in [7, 11) is 1.56. The molecule has 1 aromatic heterocycles. The minimum Gasteiger partial charge on any atom is -0.480 e.